The van der Waals surface area contributed by atoms with Crippen LogP contribution in [0.2, 0.25) is 0 Å². The Labute approximate surface area is 79.6 Å². The van der Waals surface area contributed by atoms with Crippen molar-refractivity contribution >= 4 is 5.97 Å². The van der Waals surface area contributed by atoms with Crippen molar-refractivity contribution in [1.29, 1.82) is 0 Å². The summed E-state index contributed by atoms with van der Waals surface area (Å²) in [6.07, 6.45) is 10.8. The minimum atomic E-state index is -0.722. The first-order valence-electron chi connectivity index (χ1n) is 5.23. The molecule has 0 aromatic carbocycles. The Bertz CT molecular complexity index is 194. The van der Waals surface area contributed by atoms with E-state index >= 15 is 0 Å². The van der Waals surface area contributed by atoms with Crippen LogP contribution >= 0.6 is 0 Å². The molecular weight excluding hydrogens is 164 g/mol. The first kappa shape index (κ1) is 10.3. The Morgan fingerprint density at radius 3 is 2.38 bits per heavy atom. The van der Waals surface area contributed by atoms with Crippen LogP contribution in [0.15, 0.2) is 11.6 Å². The molecule has 0 amide bonds. The zero-order valence-electron chi connectivity index (χ0n) is 8.09. The highest BCUT2D eigenvalue weighted by molar-refractivity contribution is 5.86. The molecule has 13 heavy (non-hydrogen) atoms. The Morgan fingerprint density at radius 1 is 1.08 bits per heavy atom. The number of hydrogen-bond acceptors (Lipinski definition) is 1. The minimum Gasteiger partial charge on any atom is -0.478 e. The number of carboxylic acid groups (broad SMARTS) is 1. The third-order valence-corrected chi connectivity index (χ3v) is 2.57. The Kier molecular flexibility index (Phi) is 4.58. The molecule has 1 aliphatic rings. The third kappa shape index (κ3) is 4.11. The summed E-state index contributed by atoms with van der Waals surface area (Å²) < 4.78 is 0. The predicted octanol–water partition coefficient (Wildman–Crippen LogP) is 3.13. The van der Waals surface area contributed by atoms with E-state index in [0.717, 1.165) is 25.7 Å². The molecular formula is C11H18O2. The van der Waals surface area contributed by atoms with Crippen molar-refractivity contribution in [3.05, 3.63) is 11.6 Å². The van der Waals surface area contributed by atoms with Crippen molar-refractivity contribution in [2.75, 3.05) is 0 Å². The van der Waals surface area contributed by atoms with Crippen molar-refractivity contribution in [3.63, 3.8) is 0 Å². The molecule has 0 aliphatic heterocycles. The third-order valence-electron chi connectivity index (χ3n) is 2.57. The van der Waals surface area contributed by atoms with Crippen LogP contribution in [0.4, 0.5) is 0 Å². The van der Waals surface area contributed by atoms with Gasteiger partial charge < -0.3 is 5.11 Å². The summed E-state index contributed by atoms with van der Waals surface area (Å²) in [5.74, 6) is -0.722. The summed E-state index contributed by atoms with van der Waals surface area (Å²) >= 11 is 0. The van der Waals surface area contributed by atoms with E-state index in [2.05, 4.69) is 0 Å². The van der Waals surface area contributed by atoms with Crippen LogP contribution in [0.3, 0.4) is 0 Å². The lowest BCUT2D eigenvalue weighted by molar-refractivity contribution is -0.132. The van der Waals surface area contributed by atoms with Crippen molar-refractivity contribution in [2.24, 2.45) is 0 Å². The number of carboxylic acids is 1. The van der Waals surface area contributed by atoms with Gasteiger partial charge in [0, 0.05) is 5.57 Å². The highest BCUT2D eigenvalue weighted by Crippen LogP contribution is 2.16. The molecule has 0 aromatic rings. The van der Waals surface area contributed by atoms with Crippen LogP contribution in [-0.4, -0.2) is 11.1 Å². The van der Waals surface area contributed by atoms with Gasteiger partial charge in [0.05, 0.1) is 0 Å². The molecule has 0 spiro atoms. The van der Waals surface area contributed by atoms with Gasteiger partial charge in [-0.25, -0.2) is 4.79 Å². The van der Waals surface area contributed by atoms with Crippen LogP contribution in [0.1, 0.15) is 51.4 Å². The van der Waals surface area contributed by atoms with E-state index in [9.17, 15) is 4.79 Å². The van der Waals surface area contributed by atoms with Crippen LogP contribution in [0.5, 0.6) is 0 Å². The van der Waals surface area contributed by atoms with Gasteiger partial charge in [-0.15, -0.1) is 0 Å². The molecule has 0 aromatic heterocycles. The zero-order chi connectivity index (χ0) is 9.52. The fraction of sp³-hybridized carbons (Fsp3) is 0.727. The van der Waals surface area contributed by atoms with E-state index in [1.54, 1.807) is 0 Å². The summed E-state index contributed by atoms with van der Waals surface area (Å²) in [5, 5.41) is 8.85. The van der Waals surface area contributed by atoms with E-state index in [4.69, 9.17) is 5.11 Å². The normalized spacial score (nSPS) is 24.5. The van der Waals surface area contributed by atoms with Gasteiger partial charge in [0.15, 0.2) is 0 Å². The fourth-order valence-electron chi connectivity index (χ4n) is 1.74. The van der Waals surface area contributed by atoms with Crippen molar-refractivity contribution < 1.29 is 9.90 Å². The second-order valence-corrected chi connectivity index (χ2v) is 3.69. The lowest BCUT2D eigenvalue weighted by Crippen LogP contribution is -2.01. The van der Waals surface area contributed by atoms with Gasteiger partial charge in [-0.1, -0.05) is 31.8 Å². The van der Waals surface area contributed by atoms with Crippen molar-refractivity contribution in [3.8, 4) is 0 Å². The lowest BCUT2D eigenvalue weighted by Gasteiger charge is -2.06. The van der Waals surface area contributed by atoms with Gasteiger partial charge in [-0.3, -0.25) is 0 Å². The number of carbonyl (C=O) groups is 1. The van der Waals surface area contributed by atoms with Crippen LogP contribution in [0, 0.1) is 0 Å². The monoisotopic (exact) mass is 182 g/mol. The van der Waals surface area contributed by atoms with Crippen LogP contribution < -0.4 is 0 Å². The van der Waals surface area contributed by atoms with Crippen LogP contribution in [-0.2, 0) is 4.79 Å². The lowest BCUT2D eigenvalue weighted by atomic mass is 10.0. The molecule has 0 saturated heterocycles. The van der Waals surface area contributed by atoms with Gasteiger partial charge in [0.2, 0.25) is 0 Å². The maximum Gasteiger partial charge on any atom is 0.331 e. The molecule has 0 radical (unpaired) electrons. The maximum atomic E-state index is 10.7. The molecule has 1 aliphatic carbocycles. The molecule has 0 fully saturated rings. The first-order valence-corrected chi connectivity index (χ1v) is 5.23. The molecule has 1 N–H and O–H groups in total. The molecule has 0 unspecified atom stereocenters. The molecule has 1 rings (SSSR count). The summed E-state index contributed by atoms with van der Waals surface area (Å²) in [6, 6.07) is 0. The Morgan fingerprint density at radius 2 is 1.69 bits per heavy atom. The SMILES string of the molecule is O=C(O)/C1=C/CCCCCCCC1. The number of allylic oxidation sites excluding steroid dienone is 1. The van der Waals surface area contributed by atoms with Crippen LogP contribution in [0.25, 0.3) is 0 Å². The Hall–Kier alpha value is -0.790. The summed E-state index contributed by atoms with van der Waals surface area (Å²) in [6.45, 7) is 0. The van der Waals surface area contributed by atoms with E-state index in [1.165, 1.54) is 25.7 Å². The molecule has 74 valence electrons. The van der Waals surface area contributed by atoms with Crippen molar-refractivity contribution in [1.82, 2.24) is 0 Å². The van der Waals surface area contributed by atoms with Crippen molar-refractivity contribution in [2.45, 2.75) is 51.4 Å². The number of aliphatic carboxylic acids is 1. The molecule has 0 bridgehead atoms. The number of hydrogen-bond donors (Lipinski definition) is 1. The standard InChI is InChI=1S/C11H18O2/c12-11(13)10-8-6-4-2-1-3-5-7-9-10/h8H,1-7,9H2,(H,12,13)/b10-8+. The predicted molar refractivity (Wildman–Crippen MR) is 52.7 cm³/mol. The van der Waals surface area contributed by atoms with E-state index in [0.29, 0.717) is 5.57 Å². The highest BCUT2D eigenvalue weighted by Gasteiger charge is 2.07. The molecule has 0 saturated carbocycles. The zero-order valence-corrected chi connectivity index (χ0v) is 8.09. The average molecular weight is 182 g/mol. The number of rotatable bonds is 1. The van der Waals surface area contributed by atoms with Gasteiger partial charge >= 0.3 is 5.97 Å². The molecule has 2 nitrogen and oxygen atoms in total. The summed E-state index contributed by atoms with van der Waals surface area (Å²) in [5.41, 5.74) is 0.627. The van der Waals surface area contributed by atoms with Gasteiger partial charge in [-0.2, -0.15) is 0 Å². The van der Waals surface area contributed by atoms with Gasteiger partial charge in [0.1, 0.15) is 0 Å². The fourth-order valence-corrected chi connectivity index (χ4v) is 1.74. The maximum absolute atomic E-state index is 10.7. The quantitative estimate of drug-likeness (QED) is 0.676. The van der Waals surface area contributed by atoms with Gasteiger partial charge in [0.25, 0.3) is 0 Å². The van der Waals surface area contributed by atoms with E-state index < -0.39 is 5.97 Å². The summed E-state index contributed by atoms with van der Waals surface area (Å²) in [7, 11) is 0. The second kappa shape index (κ2) is 5.79. The molecule has 0 heterocycles. The van der Waals surface area contributed by atoms with Gasteiger partial charge in [-0.05, 0) is 25.7 Å². The first-order chi connectivity index (χ1) is 6.30. The molecule has 0 atom stereocenters. The Balaban J connectivity index is 2.47. The topological polar surface area (TPSA) is 37.3 Å². The minimum absolute atomic E-state index is 0.627. The second-order valence-electron chi connectivity index (χ2n) is 3.69. The van der Waals surface area contributed by atoms with E-state index in [1.807, 2.05) is 6.08 Å². The largest absolute Gasteiger partial charge is 0.478 e. The van der Waals surface area contributed by atoms with E-state index in [-0.39, 0.29) is 0 Å². The highest BCUT2D eigenvalue weighted by atomic mass is 16.4. The summed E-state index contributed by atoms with van der Waals surface area (Å²) in [4.78, 5) is 10.7. The average Bonchev–Trinajstić information content (AvgIpc) is 2.14. The smallest absolute Gasteiger partial charge is 0.331 e. The molecule has 2 heteroatoms.